The van der Waals surface area contributed by atoms with Crippen LogP contribution in [0, 0.1) is 0 Å². The Morgan fingerprint density at radius 3 is 2.18 bits per heavy atom. The number of hydrogen-bond donors (Lipinski definition) is 0. The van der Waals surface area contributed by atoms with Crippen LogP contribution in [-0.4, -0.2) is 23.9 Å². The lowest BCUT2D eigenvalue weighted by Gasteiger charge is -2.20. The van der Waals surface area contributed by atoms with Crippen molar-refractivity contribution in [1.82, 2.24) is 4.90 Å². The van der Waals surface area contributed by atoms with Gasteiger partial charge in [-0.25, -0.2) is 0 Å². The van der Waals surface area contributed by atoms with Gasteiger partial charge in [0, 0.05) is 18.7 Å². The van der Waals surface area contributed by atoms with Gasteiger partial charge in [-0.2, -0.15) is 0 Å². The first kappa shape index (κ1) is 15.2. The molecule has 0 heterocycles. The van der Waals surface area contributed by atoms with Crippen LogP contribution in [0.4, 0.5) is 0 Å². The van der Waals surface area contributed by atoms with Crippen molar-refractivity contribution in [3.05, 3.63) is 61.3 Å². The summed E-state index contributed by atoms with van der Waals surface area (Å²) < 4.78 is 0. The fourth-order valence-electron chi connectivity index (χ4n) is 1.35. The average Bonchev–Trinajstić information content (AvgIpc) is 2.35. The molecule has 17 heavy (non-hydrogen) atoms. The van der Waals surface area contributed by atoms with E-state index in [2.05, 4.69) is 19.7 Å². The molecule has 0 aliphatic heterocycles. The van der Waals surface area contributed by atoms with E-state index in [1.807, 2.05) is 19.9 Å². The molecule has 2 nitrogen and oxygen atoms in total. The summed E-state index contributed by atoms with van der Waals surface area (Å²) in [5.41, 5.74) is 1.21. The van der Waals surface area contributed by atoms with Crippen molar-refractivity contribution in [1.29, 1.82) is 0 Å². The molecule has 0 unspecified atom stereocenters. The van der Waals surface area contributed by atoms with Crippen LogP contribution in [0.25, 0.3) is 0 Å². The van der Waals surface area contributed by atoms with E-state index < -0.39 is 0 Å². The van der Waals surface area contributed by atoms with Gasteiger partial charge in [0.05, 0.1) is 0 Å². The van der Waals surface area contributed by atoms with Gasteiger partial charge in [0.25, 0.3) is 5.91 Å². The number of carbonyl (C=O) groups excluding carboxylic acids is 1. The third kappa shape index (κ3) is 4.68. The standard InChI is InChI=1S/C15H21NO/c1-6-10-11-12-14(7-2)13(5)15(17)16(8-3)9-4/h6-7,10-12H,1-2,5,8-9H2,3-4H3/b11-10-,14-12+. The van der Waals surface area contributed by atoms with Gasteiger partial charge in [0.15, 0.2) is 0 Å². The molecule has 92 valence electrons. The Labute approximate surface area is 104 Å². The van der Waals surface area contributed by atoms with Gasteiger partial charge in [0.2, 0.25) is 0 Å². The molecule has 0 saturated heterocycles. The van der Waals surface area contributed by atoms with Crippen molar-refractivity contribution in [3.63, 3.8) is 0 Å². The molecule has 0 rings (SSSR count). The zero-order valence-corrected chi connectivity index (χ0v) is 10.8. The van der Waals surface area contributed by atoms with Gasteiger partial charge in [0.1, 0.15) is 0 Å². The Morgan fingerprint density at radius 1 is 1.18 bits per heavy atom. The van der Waals surface area contributed by atoms with E-state index in [4.69, 9.17) is 0 Å². The highest BCUT2D eigenvalue weighted by Gasteiger charge is 2.14. The fraction of sp³-hybridized carbons (Fsp3) is 0.267. The van der Waals surface area contributed by atoms with Gasteiger partial charge < -0.3 is 4.90 Å². The topological polar surface area (TPSA) is 20.3 Å². The highest BCUT2D eigenvalue weighted by atomic mass is 16.2. The summed E-state index contributed by atoms with van der Waals surface area (Å²) in [5.74, 6) is -0.0480. The molecule has 0 saturated carbocycles. The lowest BCUT2D eigenvalue weighted by molar-refractivity contribution is -0.126. The van der Waals surface area contributed by atoms with Crippen molar-refractivity contribution in [2.24, 2.45) is 0 Å². The van der Waals surface area contributed by atoms with Crippen LogP contribution in [-0.2, 0) is 4.79 Å². The first-order chi connectivity index (χ1) is 8.12. The summed E-state index contributed by atoms with van der Waals surface area (Å²) in [6, 6.07) is 0. The van der Waals surface area contributed by atoms with Gasteiger partial charge in [-0.15, -0.1) is 0 Å². The molecule has 0 aromatic heterocycles. The molecule has 2 heteroatoms. The van der Waals surface area contributed by atoms with Gasteiger partial charge in [-0.3, -0.25) is 4.79 Å². The van der Waals surface area contributed by atoms with Crippen molar-refractivity contribution in [2.75, 3.05) is 13.1 Å². The third-order valence-corrected chi connectivity index (χ3v) is 2.40. The fourth-order valence-corrected chi connectivity index (χ4v) is 1.35. The molecule has 0 fully saturated rings. The Kier molecular flexibility index (Phi) is 7.44. The van der Waals surface area contributed by atoms with Gasteiger partial charge >= 0.3 is 0 Å². The summed E-state index contributed by atoms with van der Waals surface area (Å²) in [6.45, 7) is 16.4. The second-order valence-electron chi connectivity index (χ2n) is 3.40. The Bertz CT molecular complexity index is 357. The molecule has 0 bridgehead atoms. The minimum absolute atomic E-state index is 0.0480. The zero-order valence-electron chi connectivity index (χ0n) is 10.8. The first-order valence-corrected chi connectivity index (χ1v) is 5.72. The lowest BCUT2D eigenvalue weighted by atomic mass is 10.1. The van der Waals surface area contributed by atoms with Crippen LogP contribution in [0.5, 0.6) is 0 Å². The third-order valence-electron chi connectivity index (χ3n) is 2.40. The second kappa shape index (κ2) is 8.34. The highest BCUT2D eigenvalue weighted by Crippen LogP contribution is 2.12. The number of likely N-dealkylation sites (N-methyl/N-ethyl adjacent to an activating group) is 1. The van der Waals surface area contributed by atoms with E-state index in [0.29, 0.717) is 18.7 Å². The highest BCUT2D eigenvalue weighted by molar-refractivity contribution is 5.98. The molecule has 0 aromatic carbocycles. The SMILES string of the molecule is C=C/C=C\C=C(/C=C)C(=C)C(=O)N(CC)CC. The van der Waals surface area contributed by atoms with Crippen LogP contribution < -0.4 is 0 Å². The van der Waals surface area contributed by atoms with E-state index in [-0.39, 0.29) is 5.91 Å². The number of rotatable bonds is 7. The number of carbonyl (C=O) groups is 1. The van der Waals surface area contributed by atoms with Crippen molar-refractivity contribution in [3.8, 4) is 0 Å². The first-order valence-electron chi connectivity index (χ1n) is 5.72. The van der Waals surface area contributed by atoms with Crippen molar-refractivity contribution < 1.29 is 4.79 Å². The monoisotopic (exact) mass is 231 g/mol. The summed E-state index contributed by atoms with van der Waals surface area (Å²) >= 11 is 0. The van der Waals surface area contributed by atoms with Crippen LogP contribution >= 0.6 is 0 Å². The molecule has 1 amide bonds. The average molecular weight is 231 g/mol. The normalized spacial score (nSPS) is 11.3. The molecule has 0 aliphatic carbocycles. The Balaban J connectivity index is 4.92. The van der Waals surface area contributed by atoms with Crippen molar-refractivity contribution >= 4 is 5.91 Å². The van der Waals surface area contributed by atoms with E-state index in [0.717, 1.165) is 5.57 Å². The van der Waals surface area contributed by atoms with Gasteiger partial charge in [-0.1, -0.05) is 50.1 Å². The van der Waals surface area contributed by atoms with E-state index in [9.17, 15) is 4.79 Å². The maximum absolute atomic E-state index is 12.0. The summed E-state index contributed by atoms with van der Waals surface area (Å²) in [4.78, 5) is 13.8. The minimum atomic E-state index is -0.0480. The van der Waals surface area contributed by atoms with Crippen LogP contribution in [0.1, 0.15) is 13.8 Å². The minimum Gasteiger partial charge on any atom is -0.339 e. The zero-order chi connectivity index (χ0) is 13.3. The summed E-state index contributed by atoms with van der Waals surface area (Å²) in [6.07, 6.45) is 8.71. The lowest BCUT2D eigenvalue weighted by Crippen LogP contribution is -2.31. The largest absolute Gasteiger partial charge is 0.339 e. The molecular weight excluding hydrogens is 210 g/mol. The maximum Gasteiger partial charge on any atom is 0.253 e. The molecule has 0 atom stereocenters. The molecular formula is C15H21NO. The van der Waals surface area contributed by atoms with Crippen molar-refractivity contribution in [2.45, 2.75) is 13.8 Å². The molecule has 0 N–H and O–H groups in total. The summed E-state index contributed by atoms with van der Waals surface area (Å²) in [7, 11) is 0. The van der Waals surface area contributed by atoms with Crippen LogP contribution in [0.2, 0.25) is 0 Å². The van der Waals surface area contributed by atoms with E-state index in [1.165, 1.54) is 0 Å². The maximum atomic E-state index is 12.0. The predicted molar refractivity (Wildman–Crippen MR) is 74.7 cm³/mol. The predicted octanol–water partition coefficient (Wildman–Crippen LogP) is 3.27. The van der Waals surface area contributed by atoms with Crippen LogP contribution in [0.3, 0.4) is 0 Å². The Morgan fingerprint density at radius 2 is 1.76 bits per heavy atom. The second-order valence-corrected chi connectivity index (χ2v) is 3.40. The van der Waals surface area contributed by atoms with Gasteiger partial charge in [-0.05, 0) is 19.4 Å². The number of nitrogens with zero attached hydrogens (tertiary/aromatic N) is 1. The number of hydrogen-bond acceptors (Lipinski definition) is 1. The molecule has 0 spiro atoms. The van der Waals surface area contributed by atoms with E-state index in [1.54, 1.807) is 29.2 Å². The van der Waals surface area contributed by atoms with Crippen LogP contribution in [0.15, 0.2) is 61.3 Å². The molecule has 0 radical (unpaired) electrons. The molecule has 0 aromatic rings. The number of allylic oxidation sites excluding steroid dienone is 5. The smallest absolute Gasteiger partial charge is 0.253 e. The molecule has 0 aliphatic rings. The Hall–Kier alpha value is -1.83. The quantitative estimate of drug-likeness (QED) is 0.486. The number of amides is 1. The summed E-state index contributed by atoms with van der Waals surface area (Å²) in [5, 5.41) is 0. The van der Waals surface area contributed by atoms with E-state index >= 15 is 0 Å².